The van der Waals surface area contributed by atoms with Gasteiger partial charge in [-0.15, -0.1) is 0 Å². The first-order valence-corrected chi connectivity index (χ1v) is 8.35. The molecule has 2 N–H and O–H groups in total. The number of carboxylic acid groups (broad SMARTS) is 1. The number of amides is 1. The third-order valence-corrected chi connectivity index (χ3v) is 4.48. The quantitative estimate of drug-likeness (QED) is 0.723. The molecule has 4 rings (SSSR count). The fraction of sp³-hybridized carbons (Fsp3) is 0.294. The van der Waals surface area contributed by atoms with E-state index in [9.17, 15) is 14.3 Å². The second kappa shape index (κ2) is 6.71. The van der Waals surface area contributed by atoms with Crippen molar-refractivity contribution >= 4 is 17.1 Å². The van der Waals surface area contributed by atoms with Gasteiger partial charge in [-0.2, -0.15) is 5.10 Å². The van der Waals surface area contributed by atoms with Gasteiger partial charge in [0, 0.05) is 32.0 Å². The van der Waals surface area contributed by atoms with Crippen LogP contribution in [-0.2, 0) is 0 Å². The lowest BCUT2D eigenvalue weighted by Gasteiger charge is -2.29. The average Bonchev–Trinajstić information content (AvgIpc) is 3.07. The summed E-state index contributed by atoms with van der Waals surface area (Å²) in [5.41, 5.74) is 0.509. The first kappa shape index (κ1) is 17.0. The molecule has 1 aliphatic rings. The molecule has 1 fully saturated rings. The number of phenols is 1. The van der Waals surface area contributed by atoms with E-state index >= 15 is 0 Å². The zero-order valence-electron chi connectivity index (χ0n) is 14.1. The molecule has 0 unspecified atom stereocenters. The molecule has 1 saturated heterocycles. The van der Waals surface area contributed by atoms with E-state index < -0.39 is 11.9 Å². The van der Waals surface area contributed by atoms with E-state index in [1.165, 1.54) is 34.2 Å². The number of aromatic hydroxyl groups is 1. The van der Waals surface area contributed by atoms with Gasteiger partial charge >= 0.3 is 6.09 Å². The van der Waals surface area contributed by atoms with Crippen LogP contribution in [0.15, 0.2) is 30.7 Å². The van der Waals surface area contributed by atoms with Crippen LogP contribution in [0.3, 0.4) is 0 Å². The minimum atomic E-state index is -0.935. The van der Waals surface area contributed by atoms with Crippen LogP contribution in [0.25, 0.3) is 16.7 Å². The topological polar surface area (TPSA) is 114 Å². The number of likely N-dealkylation sites (tertiary alicyclic amines) is 1. The lowest BCUT2D eigenvalue weighted by atomic mass is 10.1. The molecule has 0 radical (unpaired) electrons. The van der Waals surface area contributed by atoms with Crippen molar-refractivity contribution < 1.29 is 24.1 Å². The number of halogens is 1. The number of hydrogen-bond donors (Lipinski definition) is 2. The highest BCUT2D eigenvalue weighted by Gasteiger charge is 2.25. The number of phenolic OH excluding ortho intramolecular Hbond substituents is 1. The maximum Gasteiger partial charge on any atom is 0.407 e. The second-order valence-corrected chi connectivity index (χ2v) is 6.20. The van der Waals surface area contributed by atoms with E-state index in [4.69, 9.17) is 9.84 Å². The molecule has 1 aromatic carbocycles. The third kappa shape index (κ3) is 3.21. The number of hydrogen-bond acceptors (Lipinski definition) is 6. The number of ether oxygens (including phenoxy) is 1. The molecule has 3 heterocycles. The summed E-state index contributed by atoms with van der Waals surface area (Å²) in [5.74, 6) is -0.500. The minimum Gasteiger partial charge on any atom is -0.508 e. The van der Waals surface area contributed by atoms with Crippen LogP contribution in [0.5, 0.6) is 11.6 Å². The molecular weight excluding hydrogens is 357 g/mol. The van der Waals surface area contributed by atoms with E-state index in [-0.39, 0.29) is 17.5 Å². The monoisotopic (exact) mass is 373 g/mol. The van der Waals surface area contributed by atoms with Crippen molar-refractivity contribution in [3.8, 4) is 17.3 Å². The summed E-state index contributed by atoms with van der Waals surface area (Å²) in [7, 11) is 0. The van der Waals surface area contributed by atoms with Crippen molar-refractivity contribution in [1.82, 2.24) is 24.6 Å². The molecule has 3 aromatic rings. The van der Waals surface area contributed by atoms with E-state index in [0.29, 0.717) is 42.8 Å². The molecule has 9 nitrogen and oxygen atoms in total. The maximum absolute atomic E-state index is 14.2. The molecule has 10 heteroatoms. The Bertz CT molecular complexity index is 1000. The summed E-state index contributed by atoms with van der Waals surface area (Å²) >= 11 is 0. The van der Waals surface area contributed by atoms with E-state index in [1.807, 2.05) is 0 Å². The lowest BCUT2D eigenvalue weighted by molar-refractivity contribution is 0.0879. The van der Waals surface area contributed by atoms with Crippen molar-refractivity contribution in [2.45, 2.75) is 18.9 Å². The Balaban J connectivity index is 1.61. The predicted octanol–water partition coefficient (Wildman–Crippen LogP) is 2.18. The van der Waals surface area contributed by atoms with Crippen LogP contribution in [0.4, 0.5) is 9.18 Å². The summed E-state index contributed by atoms with van der Waals surface area (Å²) in [4.78, 5) is 20.6. The first-order chi connectivity index (χ1) is 13.0. The molecule has 27 heavy (non-hydrogen) atoms. The van der Waals surface area contributed by atoms with Gasteiger partial charge < -0.3 is 19.8 Å². The second-order valence-electron chi connectivity index (χ2n) is 6.20. The fourth-order valence-electron chi connectivity index (χ4n) is 3.08. The maximum atomic E-state index is 14.2. The number of nitrogens with zero attached hydrogens (tertiary/aromatic N) is 5. The molecule has 0 saturated carbocycles. The van der Waals surface area contributed by atoms with E-state index in [2.05, 4.69) is 15.1 Å². The van der Waals surface area contributed by atoms with Crippen molar-refractivity contribution in [2.75, 3.05) is 13.1 Å². The smallest absolute Gasteiger partial charge is 0.407 e. The van der Waals surface area contributed by atoms with Gasteiger partial charge in [0.05, 0.1) is 6.20 Å². The van der Waals surface area contributed by atoms with Crippen LogP contribution >= 0.6 is 0 Å². The third-order valence-electron chi connectivity index (χ3n) is 4.48. The van der Waals surface area contributed by atoms with Crippen LogP contribution < -0.4 is 4.74 Å². The predicted molar refractivity (Wildman–Crippen MR) is 91.5 cm³/mol. The molecule has 1 aliphatic heterocycles. The molecule has 0 atom stereocenters. The zero-order chi connectivity index (χ0) is 19.0. The molecule has 0 spiro atoms. The fourth-order valence-corrected chi connectivity index (χ4v) is 3.08. The zero-order valence-corrected chi connectivity index (χ0v) is 14.1. The summed E-state index contributed by atoms with van der Waals surface area (Å²) in [5, 5.41) is 23.1. The molecule has 1 amide bonds. The van der Waals surface area contributed by atoms with E-state index in [1.54, 1.807) is 0 Å². The van der Waals surface area contributed by atoms with Crippen LogP contribution in [0.2, 0.25) is 0 Å². The van der Waals surface area contributed by atoms with Gasteiger partial charge in [-0.1, -0.05) is 0 Å². The molecule has 140 valence electrons. The summed E-state index contributed by atoms with van der Waals surface area (Å²) in [6.07, 6.45) is 2.79. The van der Waals surface area contributed by atoms with Crippen molar-refractivity contribution in [1.29, 1.82) is 0 Å². The molecule has 2 aromatic heterocycles. The Hall–Kier alpha value is -3.43. The Kier molecular flexibility index (Phi) is 4.22. The Morgan fingerprint density at radius 1 is 1.26 bits per heavy atom. The average molecular weight is 373 g/mol. The standard InChI is InChI=1S/C17H16FN5O4/c18-13-7-10(24)1-2-14(13)23-15-12(8-21-23)16(20-9-19-15)27-11-3-5-22(6-4-11)17(25)26/h1-2,7-9,11,24H,3-6H2,(H,25,26). The van der Waals surface area contributed by atoms with Crippen LogP contribution in [0, 0.1) is 5.82 Å². The number of benzene rings is 1. The lowest BCUT2D eigenvalue weighted by Crippen LogP contribution is -2.41. The number of piperidine rings is 1. The normalized spacial score (nSPS) is 15.2. The van der Waals surface area contributed by atoms with Gasteiger partial charge in [0.2, 0.25) is 5.88 Å². The number of rotatable bonds is 3. The Labute approximate surface area is 152 Å². The Morgan fingerprint density at radius 3 is 2.74 bits per heavy atom. The van der Waals surface area contributed by atoms with Crippen LogP contribution in [0.1, 0.15) is 12.8 Å². The number of fused-ring (bicyclic) bond motifs is 1. The van der Waals surface area contributed by atoms with Gasteiger partial charge in [0.25, 0.3) is 0 Å². The van der Waals surface area contributed by atoms with E-state index in [0.717, 1.165) is 6.07 Å². The molecular formula is C17H16FN5O4. The van der Waals surface area contributed by atoms with Crippen molar-refractivity contribution in [2.24, 2.45) is 0 Å². The summed E-state index contributed by atoms with van der Waals surface area (Å²) in [6, 6.07) is 3.76. The van der Waals surface area contributed by atoms with Gasteiger partial charge in [-0.25, -0.2) is 23.8 Å². The summed E-state index contributed by atoms with van der Waals surface area (Å²) in [6.45, 7) is 0.790. The number of aromatic nitrogens is 4. The molecule has 0 bridgehead atoms. The van der Waals surface area contributed by atoms with Gasteiger partial charge in [0.1, 0.15) is 29.3 Å². The Morgan fingerprint density at radius 2 is 2.04 bits per heavy atom. The highest BCUT2D eigenvalue weighted by atomic mass is 19.1. The van der Waals surface area contributed by atoms with Gasteiger partial charge in [-0.3, -0.25) is 0 Å². The highest BCUT2D eigenvalue weighted by Crippen LogP contribution is 2.27. The highest BCUT2D eigenvalue weighted by molar-refractivity contribution is 5.81. The van der Waals surface area contributed by atoms with Crippen LogP contribution in [-0.4, -0.2) is 60.1 Å². The minimum absolute atomic E-state index is 0.141. The molecule has 0 aliphatic carbocycles. The van der Waals surface area contributed by atoms with Crippen molar-refractivity contribution in [3.05, 3.63) is 36.5 Å². The largest absolute Gasteiger partial charge is 0.508 e. The summed E-state index contributed by atoms with van der Waals surface area (Å²) < 4.78 is 21.4. The van der Waals surface area contributed by atoms with Gasteiger partial charge in [-0.05, 0) is 12.1 Å². The van der Waals surface area contributed by atoms with Crippen molar-refractivity contribution in [3.63, 3.8) is 0 Å². The number of carbonyl (C=O) groups is 1. The SMILES string of the molecule is O=C(O)N1CCC(Oc2ncnc3c2cnn3-c2ccc(O)cc2F)CC1. The van der Waals surface area contributed by atoms with Gasteiger partial charge in [0.15, 0.2) is 11.5 Å². The first-order valence-electron chi connectivity index (χ1n) is 8.35.